The van der Waals surface area contributed by atoms with Gasteiger partial charge in [-0.3, -0.25) is 4.79 Å². The number of carbonyl (C=O) groups excluding carboxylic acids is 1. The number of hydrogen-bond acceptors (Lipinski definition) is 1. The van der Waals surface area contributed by atoms with Crippen molar-refractivity contribution in [1.82, 2.24) is 0 Å². The molecular formula is C5H8BrClO. The van der Waals surface area contributed by atoms with Gasteiger partial charge < -0.3 is 0 Å². The van der Waals surface area contributed by atoms with Crippen LogP contribution in [0.1, 0.15) is 12.8 Å². The Kier molecular flexibility index (Phi) is 5.88. The summed E-state index contributed by atoms with van der Waals surface area (Å²) >= 11 is 8.39. The zero-order chi connectivity index (χ0) is 6.41. The van der Waals surface area contributed by atoms with E-state index in [1.165, 1.54) is 0 Å². The first-order chi connectivity index (χ1) is 3.81. The SMILES string of the molecule is O=C(CBr)CCCCl. The molecule has 0 aliphatic rings. The number of alkyl halides is 2. The molecule has 0 heterocycles. The van der Waals surface area contributed by atoms with Gasteiger partial charge in [0.2, 0.25) is 0 Å². The van der Waals surface area contributed by atoms with Gasteiger partial charge in [-0.2, -0.15) is 0 Å². The Bertz CT molecular complexity index is 74.8. The van der Waals surface area contributed by atoms with Gasteiger partial charge in [-0.1, -0.05) is 15.9 Å². The Balaban J connectivity index is 2.99. The van der Waals surface area contributed by atoms with Crippen molar-refractivity contribution in [3.63, 3.8) is 0 Å². The minimum atomic E-state index is 0.227. The highest BCUT2D eigenvalue weighted by Gasteiger charge is 1.95. The molecule has 0 aromatic heterocycles. The molecule has 0 fully saturated rings. The summed E-state index contributed by atoms with van der Waals surface area (Å²) in [7, 11) is 0. The Morgan fingerprint density at radius 2 is 2.25 bits per heavy atom. The second kappa shape index (κ2) is 5.57. The second-order valence-corrected chi connectivity index (χ2v) is 2.40. The fraction of sp³-hybridized carbons (Fsp3) is 0.800. The van der Waals surface area contributed by atoms with Crippen molar-refractivity contribution in [3.8, 4) is 0 Å². The Hall–Kier alpha value is 0.440. The largest absolute Gasteiger partial charge is 0.299 e. The highest BCUT2D eigenvalue weighted by molar-refractivity contribution is 9.09. The van der Waals surface area contributed by atoms with Gasteiger partial charge in [0.05, 0.1) is 5.33 Å². The molecule has 8 heavy (non-hydrogen) atoms. The van der Waals surface area contributed by atoms with Gasteiger partial charge in [-0.15, -0.1) is 11.6 Å². The minimum absolute atomic E-state index is 0.227. The quantitative estimate of drug-likeness (QED) is 0.633. The van der Waals surface area contributed by atoms with Crippen molar-refractivity contribution in [3.05, 3.63) is 0 Å². The van der Waals surface area contributed by atoms with E-state index in [0.717, 1.165) is 6.42 Å². The third-order valence-corrected chi connectivity index (χ3v) is 1.63. The molecule has 3 heteroatoms. The highest BCUT2D eigenvalue weighted by atomic mass is 79.9. The predicted octanol–water partition coefficient (Wildman–Crippen LogP) is 1.97. The van der Waals surface area contributed by atoms with E-state index in [-0.39, 0.29) is 5.78 Å². The molecule has 0 N–H and O–H groups in total. The first-order valence-electron chi connectivity index (χ1n) is 2.45. The van der Waals surface area contributed by atoms with Crippen molar-refractivity contribution in [2.45, 2.75) is 12.8 Å². The summed E-state index contributed by atoms with van der Waals surface area (Å²) in [5.74, 6) is 0.810. The van der Waals surface area contributed by atoms with Gasteiger partial charge >= 0.3 is 0 Å². The van der Waals surface area contributed by atoms with E-state index in [9.17, 15) is 4.79 Å². The Morgan fingerprint density at radius 1 is 1.62 bits per heavy atom. The molecule has 0 aromatic rings. The first-order valence-corrected chi connectivity index (χ1v) is 4.10. The van der Waals surface area contributed by atoms with Crippen LogP contribution in [0.2, 0.25) is 0 Å². The molecule has 0 aromatic carbocycles. The zero-order valence-electron chi connectivity index (χ0n) is 4.49. The van der Waals surface area contributed by atoms with Gasteiger partial charge in [0.15, 0.2) is 0 Å². The van der Waals surface area contributed by atoms with Crippen LogP contribution in [0.4, 0.5) is 0 Å². The van der Waals surface area contributed by atoms with Crippen LogP contribution in [0.25, 0.3) is 0 Å². The van der Waals surface area contributed by atoms with Gasteiger partial charge in [-0.25, -0.2) is 0 Å². The molecule has 48 valence electrons. The fourth-order valence-corrected chi connectivity index (χ4v) is 0.745. The van der Waals surface area contributed by atoms with Crippen molar-refractivity contribution < 1.29 is 4.79 Å². The standard InChI is InChI=1S/C5H8BrClO/c6-4-5(8)2-1-3-7/h1-4H2. The molecule has 0 saturated carbocycles. The Labute approximate surface area is 62.5 Å². The summed E-state index contributed by atoms with van der Waals surface area (Å²) in [5.41, 5.74) is 0. The van der Waals surface area contributed by atoms with Crippen LogP contribution in [0.15, 0.2) is 0 Å². The van der Waals surface area contributed by atoms with E-state index < -0.39 is 0 Å². The number of ketones is 1. The number of rotatable bonds is 4. The predicted molar refractivity (Wildman–Crippen MR) is 38.8 cm³/mol. The summed E-state index contributed by atoms with van der Waals surface area (Å²) in [6, 6.07) is 0. The molecule has 0 radical (unpaired) electrons. The maximum atomic E-state index is 10.5. The smallest absolute Gasteiger partial charge is 0.143 e. The van der Waals surface area contributed by atoms with Gasteiger partial charge in [0.1, 0.15) is 5.78 Å². The van der Waals surface area contributed by atoms with Crippen LogP contribution in [0, 0.1) is 0 Å². The van der Waals surface area contributed by atoms with Crippen LogP contribution in [0.3, 0.4) is 0 Å². The van der Waals surface area contributed by atoms with Crippen molar-refractivity contribution in [2.75, 3.05) is 11.2 Å². The summed E-state index contributed by atoms with van der Waals surface area (Å²) in [5, 5.41) is 0.462. The minimum Gasteiger partial charge on any atom is -0.299 e. The lowest BCUT2D eigenvalue weighted by molar-refractivity contribution is -0.116. The number of carbonyl (C=O) groups is 1. The molecule has 1 nitrogen and oxygen atoms in total. The highest BCUT2D eigenvalue weighted by Crippen LogP contribution is 1.95. The molecule has 0 atom stereocenters. The van der Waals surface area contributed by atoms with E-state index in [0.29, 0.717) is 17.6 Å². The monoisotopic (exact) mass is 198 g/mol. The van der Waals surface area contributed by atoms with Crippen LogP contribution >= 0.6 is 27.5 Å². The maximum Gasteiger partial charge on any atom is 0.143 e. The van der Waals surface area contributed by atoms with Crippen LogP contribution < -0.4 is 0 Å². The maximum absolute atomic E-state index is 10.5. The third kappa shape index (κ3) is 4.60. The van der Waals surface area contributed by atoms with Crippen LogP contribution in [-0.2, 0) is 4.79 Å². The van der Waals surface area contributed by atoms with Crippen molar-refractivity contribution in [2.24, 2.45) is 0 Å². The molecule has 0 bridgehead atoms. The van der Waals surface area contributed by atoms with E-state index in [1.54, 1.807) is 0 Å². The third-order valence-electron chi connectivity index (χ3n) is 0.738. The van der Waals surface area contributed by atoms with E-state index in [1.807, 2.05) is 0 Å². The average molecular weight is 199 g/mol. The summed E-state index contributed by atoms with van der Waals surface area (Å²) in [6.07, 6.45) is 1.40. The average Bonchev–Trinajstić information content (AvgIpc) is 1.83. The van der Waals surface area contributed by atoms with Crippen LogP contribution in [-0.4, -0.2) is 17.0 Å². The first kappa shape index (κ1) is 8.44. The summed E-state index contributed by atoms with van der Waals surface area (Å²) in [4.78, 5) is 10.5. The lowest BCUT2D eigenvalue weighted by Crippen LogP contribution is -1.97. The van der Waals surface area contributed by atoms with E-state index in [2.05, 4.69) is 15.9 Å². The second-order valence-electron chi connectivity index (χ2n) is 1.46. The van der Waals surface area contributed by atoms with Gasteiger partial charge in [0.25, 0.3) is 0 Å². The number of halogens is 2. The molecular weight excluding hydrogens is 191 g/mol. The topological polar surface area (TPSA) is 17.1 Å². The molecule has 0 saturated heterocycles. The lowest BCUT2D eigenvalue weighted by atomic mass is 10.3. The summed E-state index contributed by atoms with van der Waals surface area (Å²) in [6.45, 7) is 0. The van der Waals surface area contributed by atoms with E-state index >= 15 is 0 Å². The Morgan fingerprint density at radius 3 is 2.62 bits per heavy atom. The molecule has 0 aliphatic heterocycles. The molecule has 0 aliphatic carbocycles. The fourth-order valence-electron chi connectivity index (χ4n) is 0.331. The van der Waals surface area contributed by atoms with Gasteiger partial charge in [-0.05, 0) is 6.42 Å². The van der Waals surface area contributed by atoms with Crippen LogP contribution in [0.5, 0.6) is 0 Å². The van der Waals surface area contributed by atoms with Crippen molar-refractivity contribution in [1.29, 1.82) is 0 Å². The van der Waals surface area contributed by atoms with Crippen molar-refractivity contribution >= 4 is 33.3 Å². The lowest BCUT2D eigenvalue weighted by Gasteiger charge is -1.89. The van der Waals surface area contributed by atoms with Gasteiger partial charge in [0, 0.05) is 12.3 Å². The molecule has 0 rings (SSSR count). The number of Topliss-reactive ketones (excluding diaryl/α,β-unsaturated/α-hetero) is 1. The molecule has 0 amide bonds. The normalized spacial score (nSPS) is 9.25. The molecule has 0 spiro atoms. The zero-order valence-corrected chi connectivity index (χ0v) is 6.83. The number of hydrogen-bond donors (Lipinski definition) is 0. The summed E-state index contributed by atoms with van der Waals surface area (Å²) < 4.78 is 0. The molecule has 0 unspecified atom stereocenters. The van der Waals surface area contributed by atoms with E-state index in [4.69, 9.17) is 11.6 Å².